The second-order valence-electron chi connectivity index (χ2n) is 5.11. The zero-order chi connectivity index (χ0) is 17.7. The number of aryl methyl sites for hydroxylation is 2. The minimum Gasteiger partial charge on any atom is -0.465 e. The summed E-state index contributed by atoms with van der Waals surface area (Å²) in [5.41, 5.74) is 0.378. The molecule has 0 aliphatic carbocycles. The lowest BCUT2D eigenvalue weighted by atomic mass is 10.3. The molecule has 1 N–H and O–H groups in total. The van der Waals surface area contributed by atoms with Gasteiger partial charge in [0.15, 0.2) is 5.16 Å². The van der Waals surface area contributed by atoms with E-state index < -0.39 is 5.97 Å². The maximum Gasteiger partial charge on any atom is 0.340 e. The number of aromatic nitrogens is 3. The number of methoxy groups -OCH3 is 1. The second kappa shape index (κ2) is 8.29. The van der Waals surface area contributed by atoms with Crippen molar-refractivity contribution in [1.29, 1.82) is 0 Å². The Balaban J connectivity index is 2.01. The van der Waals surface area contributed by atoms with E-state index in [1.54, 1.807) is 6.07 Å². The fourth-order valence-corrected chi connectivity index (χ4v) is 3.84. The van der Waals surface area contributed by atoms with Gasteiger partial charge in [-0.05, 0) is 26.3 Å². The Bertz CT molecular complexity index is 739. The molecule has 9 heteroatoms. The first kappa shape index (κ1) is 18.5. The summed E-state index contributed by atoms with van der Waals surface area (Å²) in [6, 6.07) is 1.71. The second-order valence-corrected chi connectivity index (χ2v) is 7.31. The maximum absolute atomic E-state index is 12.2. The van der Waals surface area contributed by atoms with Gasteiger partial charge in [0.1, 0.15) is 10.8 Å². The van der Waals surface area contributed by atoms with Gasteiger partial charge in [-0.1, -0.05) is 18.7 Å². The van der Waals surface area contributed by atoms with E-state index in [4.69, 9.17) is 4.74 Å². The largest absolute Gasteiger partial charge is 0.465 e. The number of hydrogen-bond acceptors (Lipinski definition) is 7. The molecule has 24 heavy (non-hydrogen) atoms. The van der Waals surface area contributed by atoms with Gasteiger partial charge in [0.05, 0.1) is 18.4 Å². The number of nitrogens with one attached hydrogen (secondary N) is 1. The van der Waals surface area contributed by atoms with Crippen LogP contribution in [0.1, 0.15) is 34.4 Å². The van der Waals surface area contributed by atoms with Crippen LogP contribution in [0.5, 0.6) is 0 Å². The number of carbonyl (C=O) groups is 2. The van der Waals surface area contributed by atoms with Crippen molar-refractivity contribution in [3.63, 3.8) is 0 Å². The molecule has 0 atom stereocenters. The van der Waals surface area contributed by atoms with Gasteiger partial charge in [-0.3, -0.25) is 4.79 Å². The molecule has 2 rings (SSSR count). The van der Waals surface area contributed by atoms with Crippen molar-refractivity contribution < 1.29 is 14.3 Å². The first-order chi connectivity index (χ1) is 11.5. The number of thioether (sulfide) groups is 1. The Labute approximate surface area is 148 Å². The van der Waals surface area contributed by atoms with Crippen molar-refractivity contribution in [1.82, 2.24) is 14.8 Å². The Kier molecular flexibility index (Phi) is 6.38. The predicted octanol–water partition coefficient (Wildman–Crippen LogP) is 2.88. The highest BCUT2D eigenvalue weighted by molar-refractivity contribution is 7.99. The summed E-state index contributed by atoms with van der Waals surface area (Å²) >= 11 is 2.68. The van der Waals surface area contributed by atoms with Gasteiger partial charge < -0.3 is 14.6 Å². The molecule has 2 aromatic rings. The summed E-state index contributed by atoms with van der Waals surface area (Å²) in [6.45, 7) is 6.66. The molecule has 0 saturated carbocycles. The summed E-state index contributed by atoms with van der Waals surface area (Å²) in [7, 11) is 1.32. The lowest BCUT2D eigenvalue weighted by Crippen LogP contribution is -2.16. The van der Waals surface area contributed by atoms with Crippen LogP contribution < -0.4 is 5.32 Å². The lowest BCUT2D eigenvalue weighted by molar-refractivity contribution is -0.113. The maximum atomic E-state index is 12.2. The molecule has 0 aliphatic rings. The van der Waals surface area contributed by atoms with Crippen molar-refractivity contribution in [2.75, 3.05) is 18.2 Å². The average molecular weight is 368 g/mol. The summed E-state index contributed by atoms with van der Waals surface area (Å²) in [6.07, 6.45) is 0.968. The first-order valence-corrected chi connectivity index (χ1v) is 9.27. The van der Waals surface area contributed by atoms with E-state index in [1.807, 2.05) is 18.4 Å². The molecule has 2 heterocycles. The molecule has 0 radical (unpaired) electrons. The quantitative estimate of drug-likeness (QED) is 0.597. The molecule has 0 aliphatic heterocycles. The Morgan fingerprint density at radius 3 is 2.79 bits per heavy atom. The smallest absolute Gasteiger partial charge is 0.340 e. The number of amides is 1. The third kappa shape index (κ3) is 4.35. The predicted molar refractivity (Wildman–Crippen MR) is 94.8 cm³/mol. The third-order valence-electron chi connectivity index (χ3n) is 3.19. The van der Waals surface area contributed by atoms with Crippen LogP contribution in [0.15, 0.2) is 11.2 Å². The van der Waals surface area contributed by atoms with Crippen LogP contribution in [0.25, 0.3) is 0 Å². The first-order valence-electron chi connectivity index (χ1n) is 7.47. The summed E-state index contributed by atoms with van der Waals surface area (Å²) in [4.78, 5) is 24.9. The highest BCUT2D eigenvalue weighted by Crippen LogP contribution is 2.28. The van der Waals surface area contributed by atoms with Crippen molar-refractivity contribution in [2.45, 2.75) is 38.9 Å². The van der Waals surface area contributed by atoms with Gasteiger partial charge in [0.25, 0.3) is 0 Å². The van der Waals surface area contributed by atoms with Gasteiger partial charge in [0, 0.05) is 11.4 Å². The number of thiophene rings is 1. The molecule has 0 saturated heterocycles. The van der Waals surface area contributed by atoms with Crippen LogP contribution >= 0.6 is 23.1 Å². The van der Waals surface area contributed by atoms with E-state index >= 15 is 0 Å². The molecule has 0 aromatic carbocycles. The van der Waals surface area contributed by atoms with E-state index in [9.17, 15) is 9.59 Å². The Morgan fingerprint density at radius 1 is 1.38 bits per heavy atom. The molecule has 1 amide bonds. The van der Waals surface area contributed by atoms with Crippen LogP contribution in [0.3, 0.4) is 0 Å². The van der Waals surface area contributed by atoms with Crippen molar-refractivity contribution in [3.05, 3.63) is 22.3 Å². The van der Waals surface area contributed by atoms with Gasteiger partial charge in [-0.15, -0.1) is 21.5 Å². The fraction of sp³-hybridized carbons (Fsp3) is 0.467. The molecule has 0 fully saturated rings. The number of carbonyl (C=O) groups excluding carboxylic acids is 2. The van der Waals surface area contributed by atoms with Crippen LogP contribution in [0.2, 0.25) is 0 Å². The van der Waals surface area contributed by atoms with E-state index in [2.05, 4.69) is 22.4 Å². The Morgan fingerprint density at radius 2 is 2.12 bits per heavy atom. The molecule has 0 bridgehead atoms. The lowest BCUT2D eigenvalue weighted by Gasteiger charge is -2.07. The van der Waals surface area contributed by atoms with Crippen LogP contribution in [0.4, 0.5) is 5.00 Å². The fourth-order valence-electron chi connectivity index (χ4n) is 2.11. The molecule has 0 spiro atoms. The number of anilines is 1. The van der Waals surface area contributed by atoms with E-state index in [0.717, 1.165) is 28.8 Å². The van der Waals surface area contributed by atoms with E-state index in [1.165, 1.54) is 30.2 Å². The monoisotopic (exact) mass is 368 g/mol. The van der Waals surface area contributed by atoms with Crippen molar-refractivity contribution >= 4 is 40.0 Å². The molecule has 130 valence electrons. The highest BCUT2D eigenvalue weighted by Gasteiger charge is 2.18. The molecular formula is C15H20N4O3S2. The minimum absolute atomic E-state index is 0.194. The van der Waals surface area contributed by atoms with E-state index in [-0.39, 0.29) is 11.7 Å². The van der Waals surface area contributed by atoms with Gasteiger partial charge in [-0.25, -0.2) is 4.79 Å². The Hall–Kier alpha value is -1.87. The molecular weight excluding hydrogens is 348 g/mol. The zero-order valence-corrected chi connectivity index (χ0v) is 15.7. The van der Waals surface area contributed by atoms with Crippen molar-refractivity contribution in [3.8, 4) is 0 Å². The number of hydrogen-bond donors (Lipinski definition) is 1. The summed E-state index contributed by atoms with van der Waals surface area (Å²) in [5.74, 6) is 0.373. The zero-order valence-electron chi connectivity index (χ0n) is 14.1. The summed E-state index contributed by atoms with van der Waals surface area (Å²) < 4.78 is 6.73. The third-order valence-corrected chi connectivity index (χ3v) is 5.13. The number of nitrogens with zero attached hydrogens (tertiary/aromatic N) is 3. The normalized spacial score (nSPS) is 10.7. The average Bonchev–Trinajstić information content (AvgIpc) is 3.08. The van der Waals surface area contributed by atoms with Gasteiger partial charge >= 0.3 is 5.97 Å². The highest BCUT2D eigenvalue weighted by atomic mass is 32.2. The van der Waals surface area contributed by atoms with Crippen LogP contribution in [0, 0.1) is 13.8 Å². The van der Waals surface area contributed by atoms with E-state index in [0.29, 0.717) is 10.6 Å². The van der Waals surface area contributed by atoms with Crippen LogP contribution in [-0.2, 0) is 16.1 Å². The molecule has 7 nitrogen and oxygen atoms in total. The van der Waals surface area contributed by atoms with Gasteiger partial charge in [-0.2, -0.15) is 0 Å². The molecule has 2 aromatic heterocycles. The summed E-state index contributed by atoms with van der Waals surface area (Å²) in [5, 5.41) is 12.2. The molecule has 0 unspecified atom stereocenters. The topological polar surface area (TPSA) is 86.1 Å². The number of rotatable bonds is 7. The minimum atomic E-state index is -0.458. The standard InChI is InChI=1S/C15H20N4O3S2/c1-5-6-19-10(3)17-18-15(19)23-8-12(20)16-13-11(14(21)22-4)7-9(2)24-13/h7H,5-6,8H2,1-4H3,(H,16,20). The number of esters is 1. The van der Waals surface area contributed by atoms with Crippen molar-refractivity contribution in [2.24, 2.45) is 0 Å². The van der Waals surface area contributed by atoms with Gasteiger partial charge in [0.2, 0.25) is 5.91 Å². The van der Waals surface area contributed by atoms with Crippen LogP contribution in [-0.4, -0.2) is 39.5 Å². The number of ether oxygens (including phenoxy) is 1. The SMILES string of the molecule is CCCn1c(C)nnc1SCC(=O)Nc1sc(C)cc1C(=O)OC.